The average Bonchev–Trinajstić information content (AvgIpc) is 2.40. The van der Waals surface area contributed by atoms with Crippen LogP contribution in [-0.4, -0.2) is 12.0 Å². The minimum Gasteiger partial charge on any atom is -0.309 e. The SMILES string of the molecule is CNC(c1ccncc1)c1ccc(C(F)(F)F)cc1. The van der Waals surface area contributed by atoms with E-state index in [9.17, 15) is 13.2 Å². The molecular weight excluding hydrogens is 253 g/mol. The third-order valence-electron chi connectivity index (χ3n) is 2.90. The third-order valence-corrected chi connectivity index (χ3v) is 2.90. The lowest BCUT2D eigenvalue weighted by Crippen LogP contribution is -2.18. The molecule has 0 amide bonds. The zero-order chi connectivity index (χ0) is 13.9. The van der Waals surface area contributed by atoms with Crippen LogP contribution >= 0.6 is 0 Å². The van der Waals surface area contributed by atoms with E-state index in [1.54, 1.807) is 19.4 Å². The highest BCUT2D eigenvalue weighted by atomic mass is 19.4. The van der Waals surface area contributed by atoms with Crippen LogP contribution in [0.4, 0.5) is 13.2 Å². The maximum Gasteiger partial charge on any atom is 0.416 e. The molecule has 1 atom stereocenters. The minimum atomic E-state index is -4.30. The Morgan fingerprint density at radius 2 is 1.47 bits per heavy atom. The molecule has 5 heteroatoms. The van der Waals surface area contributed by atoms with Crippen LogP contribution in [0.15, 0.2) is 48.8 Å². The van der Waals surface area contributed by atoms with Gasteiger partial charge >= 0.3 is 6.18 Å². The van der Waals surface area contributed by atoms with Crippen LogP contribution in [-0.2, 0) is 6.18 Å². The normalized spacial score (nSPS) is 13.3. The van der Waals surface area contributed by atoms with Crippen molar-refractivity contribution in [1.82, 2.24) is 10.3 Å². The molecule has 100 valence electrons. The summed E-state index contributed by atoms with van der Waals surface area (Å²) in [6, 6.07) is 8.69. The van der Waals surface area contributed by atoms with Gasteiger partial charge in [-0.1, -0.05) is 12.1 Å². The summed E-state index contributed by atoms with van der Waals surface area (Å²) >= 11 is 0. The molecule has 0 fully saturated rings. The smallest absolute Gasteiger partial charge is 0.309 e. The molecule has 0 aliphatic heterocycles. The molecule has 2 rings (SSSR count). The van der Waals surface area contributed by atoms with Gasteiger partial charge in [-0.2, -0.15) is 13.2 Å². The van der Waals surface area contributed by atoms with Gasteiger partial charge in [-0.05, 0) is 42.4 Å². The fourth-order valence-corrected chi connectivity index (χ4v) is 1.95. The molecule has 0 radical (unpaired) electrons. The fourth-order valence-electron chi connectivity index (χ4n) is 1.95. The van der Waals surface area contributed by atoms with Gasteiger partial charge in [0.25, 0.3) is 0 Å². The number of rotatable bonds is 3. The number of alkyl halides is 3. The highest BCUT2D eigenvalue weighted by molar-refractivity contribution is 5.33. The number of halogens is 3. The summed E-state index contributed by atoms with van der Waals surface area (Å²) in [5.74, 6) is 0. The van der Waals surface area contributed by atoms with E-state index < -0.39 is 11.7 Å². The average molecular weight is 266 g/mol. The van der Waals surface area contributed by atoms with Gasteiger partial charge in [0.15, 0.2) is 0 Å². The van der Waals surface area contributed by atoms with Gasteiger partial charge in [0, 0.05) is 12.4 Å². The van der Waals surface area contributed by atoms with E-state index in [0.717, 1.165) is 23.3 Å². The van der Waals surface area contributed by atoms with Crippen molar-refractivity contribution in [3.8, 4) is 0 Å². The molecule has 2 nitrogen and oxygen atoms in total. The second-order valence-corrected chi connectivity index (χ2v) is 4.12. The molecule has 1 aromatic heterocycles. The number of aromatic nitrogens is 1. The van der Waals surface area contributed by atoms with Crippen molar-refractivity contribution >= 4 is 0 Å². The van der Waals surface area contributed by atoms with Gasteiger partial charge in [0.1, 0.15) is 0 Å². The monoisotopic (exact) mass is 266 g/mol. The number of nitrogens with zero attached hydrogens (tertiary/aromatic N) is 1. The molecule has 0 aliphatic rings. The Hall–Kier alpha value is -1.88. The fraction of sp³-hybridized carbons (Fsp3) is 0.214. The predicted molar refractivity (Wildman–Crippen MR) is 66.6 cm³/mol. The Morgan fingerprint density at radius 3 is 1.95 bits per heavy atom. The minimum absolute atomic E-state index is 0.148. The second-order valence-electron chi connectivity index (χ2n) is 4.12. The van der Waals surface area contributed by atoms with Gasteiger partial charge in [-0.15, -0.1) is 0 Å². The van der Waals surface area contributed by atoms with Crippen LogP contribution in [0.5, 0.6) is 0 Å². The molecule has 0 bridgehead atoms. The molecule has 2 aromatic rings. The lowest BCUT2D eigenvalue weighted by Gasteiger charge is -2.17. The van der Waals surface area contributed by atoms with Crippen molar-refractivity contribution in [2.75, 3.05) is 7.05 Å². The molecular formula is C14H13F3N2. The van der Waals surface area contributed by atoms with Gasteiger partial charge in [0.2, 0.25) is 0 Å². The Morgan fingerprint density at radius 1 is 0.947 bits per heavy atom. The first kappa shape index (κ1) is 13.5. The van der Waals surface area contributed by atoms with Gasteiger partial charge < -0.3 is 5.32 Å². The van der Waals surface area contributed by atoms with E-state index in [0.29, 0.717) is 0 Å². The van der Waals surface area contributed by atoms with Gasteiger partial charge in [-0.25, -0.2) is 0 Å². The van der Waals surface area contributed by atoms with E-state index in [-0.39, 0.29) is 6.04 Å². The van der Waals surface area contributed by atoms with E-state index in [4.69, 9.17) is 0 Å². The van der Waals surface area contributed by atoms with Crippen LogP contribution in [0.3, 0.4) is 0 Å². The van der Waals surface area contributed by atoms with E-state index >= 15 is 0 Å². The molecule has 1 N–H and O–H groups in total. The Labute approximate surface area is 109 Å². The summed E-state index contributed by atoms with van der Waals surface area (Å²) in [7, 11) is 1.77. The Kier molecular flexibility index (Phi) is 3.85. The van der Waals surface area contributed by atoms with Crippen molar-refractivity contribution in [3.63, 3.8) is 0 Å². The molecule has 1 heterocycles. The summed E-state index contributed by atoms with van der Waals surface area (Å²) in [6.07, 6.45) is -0.988. The van der Waals surface area contributed by atoms with Crippen molar-refractivity contribution in [1.29, 1.82) is 0 Å². The van der Waals surface area contributed by atoms with Crippen LogP contribution in [0, 0.1) is 0 Å². The largest absolute Gasteiger partial charge is 0.416 e. The number of pyridine rings is 1. The first-order valence-corrected chi connectivity index (χ1v) is 5.76. The number of hydrogen-bond donors (Lipinski definition) is 1. The highest BCUT2D eigenvalue weighted by Crippen LogP contribution is 2.30. The molecule has 19 heavy (non-hydrogen) atoms. The van der Waals surface area contributed by atoms with Crippen LogP contribution in [0.1, 0.15) is 22.7 Å². The highest BCUT2D eigenvalue weighted by Gasteiger charge is 2.30. The summed E-state index contributed by atoms with van der Waals surface area (Å²) in [5.41, 5.74) is 1.10. The summed E-state index contributed by atoms with van der Waals surface area (Å²) in [5, 5.41) is 3.08. The zero-order valence-electron chi connectivity index (χ0n) is 10.3. The number of benzene rings is 1. The van der Waals surface area contributed by atoms with Crippen LogP contribution in [0.25, 0.3) is 0 Å². The molecule has 0 spiro atoms. The Bertz CT molecular complexity index is 521. The first-order valence-electron chi connectivity index (χ1n) is 5.76. The zero-order valence-corrected chi connectivity index (χ0v) is 10.3. The first-order chi connectivity index (χ1) is 9.02. The van der Waals surface area contributed by atoms with Crippen LogP contribution in [0.2, 0.25) is 0 Å². The predicted octanol–water partition coefficient (Wildman–Crippen LogP) is 3.41. The summed E-state index contributed by atoms with van der Waals surface area (Å²) in [4.78, 5) is 3.93. The van der Waals surface area contributed by atoms with Gasteiger partial charge in [-0.3, -0.25) is 4.98 Å². The van der Waals surface area contributed by atoms with Crippen molar-refractivity contribution in [3.05, 3.63) is 65.5 Å². The van der Waals surface area contributed by atoms with Crippen molar-refractivity contribution in [2.24, 2.45) is 0 Å². The molecule has 1 unspecified atom stereocenters. The maximum atomic E-state index is 12.5. The molecule has 1 aromatic carbocycles. The summed E-state index contributed by atoms with van der Waals surface area (Å²) in [6.45, 7) is 0. The topological polar surface area (TPSA) is 24.9 Å². The lowest BCUT2D eigenvalue weighted by atomic mass is 9.99. The molecule has 0 saturated heterocycles. The number of hydrogen-bond acceptors (Lipinski definition) is 2. The summed E-state index contributed by atoms with van der Waals surface area (Å²) < 4.78 is 37.5. The van der Waals surface area contributed by atoms with Crippen molar-refractivity contribution < 1.29 is 13.2 Å². The number of nitrogens with one attached hydrogen (secondary N) is 1. The van der Waals surface area contributed by atoms with Gasteiger partial charge in [0.05, 0.1) is 11.6 Å². The second kappa shape index (κ2) is 5.40. The van der Waals surface area contributed by atoms with E-state index in [1.165, 1.54) is 12.1 Å². The van der Waals surface area contributed by atoms with Crippen LogP contribution < -0.4 is 5.32 Å². The van der Waals surface area contributed by atoms with Crippen molar-refractivity contribution in [2.45, 2.75) is 12.2 Å². The van der Waals surface area contributed by atoms with E-state index in [1.807, 2.05) is 12.1 Å². The third kappa shape index (κ3) is 3.12. The maximum absolute atomic E-state index is 12.5. The molecule has 0 saturated carbocycles. The lowest BCUT2D eigenvalue weighted by molar-refractivity contribution is -0.137. The standard InChI is InChI=1S/C14H13F3N2/c1-18-13(11-6-8-19-9-7-11)10-2-4-12(5-3-10)14(15,16)17/h2-9,13,18H,1H3. The molecule has 0 aliphatic carbocycles. The van der Waals surface area contributed by atoms with E-state index in [2.05, 4.69) is 10.3 Å². The quantitative estimate of drug-likeness (QED) is 0.920. The Balaban J connectivity index is 2.30.